The summed E-state index contributed by atoms with van der Waals surface area (Å²) in [6.45, 7) is 1.55. The Morgan fingerprint density at radius 3 is 2.76 bits per heavy atom. The van der Waals surface area contributed by atoms with Gasteiger partial charge in [-0.2, -0.15) is 4.73 Å². The summed E-state index contributed by atoms with van der Waals surface area (Å²) < 4.78 is 25.3. The van der Waals surface area contributed by atoms with Crippen LogP contribution in [0.15, 0.2) is 60.9 Å². The minimum absolute atomic E-state index is 0.0375. The number of hydrogen-bond donors (Lipinski definition) is 2. The van der Waals surface area contributed by atoms with E-state index < -0.39 is 11.7 Å². The van der Waals surface area contributed by atoms with Gasteiger partial charge in [0, 0.05) is 12.1 Å². The summed E-state index contributed by atoms with van der Waals surface area (Å²) in [6.07, 6.45) is 2.53. The van der Waals surface area contributed by atoms with Gasteiger partial charge in [-0.15, -0.1) is 0 Å². The van der Waals surface area contributed by atoms with Gasteiger partial charge in [-0.1, -0.05) is 6.07 Å². The zero-order chi connectivity index (χ0) is 20.8. The predicted octanol–water partition coefficient (Wildman–Crippen LogP) is 3.18. The van der Waals surface area contributed by atoms with Crippen molar-refractivity contribution in [2.75, 3.05) is 18.5 Å². The van der Waals surface area contributed by atoms with Crippen LogP contribution < -0.4 is 19.5 Å². The minimum atomic E-state index is -0.525. The topological polar surface area (TPSA) is 94.7 Å². The van der Waals surface area contributed by atoms with Crippen molar-refractivity contribution in [1.29, 1.82) is 0 Å². The molecule has 2 N–H and O–H groups in total. The molecule has 1 heterocycles. The highest BCUT2D eigenvalue weighted by Gasteiger charge is 2.17. The first-order valence-corrected chi connectivity index (χ1v) is 8.78. The van der Waals surface area contributed by atoms with Crippen molar-refractivity contribution >= 4 is 11.6 Å². The number of hydrogen-bond acceptors (Lipinski definition) is 5. The number of aliphatic hydroxyl groups excluding tert-OH is 1. The lowest BCUT2D eigenvalue weighted by atomic mass is 10.1. The van der Waals surface area contributed by atoms with E-state index in [-0.39, 0.29) is 36.0 Å². The van der Waals surface area contributed by atoms with Crippen LogP contribution in [-0.4, -0.2) is 24.2 Å². The lowest BCUT2D eigenvalue weighted by molar-refractivity contribution is -0.604. The van der Waals surface area contributed by atoms with Gasteiger partial charge in [-0.3, -0.25) is 4.79 Å². The van der Waals surface area contributed by atoms with Gasteiger partial charge in [0.2, 0.25) is 6.20 Å². The maximum atomic E-state index is 13.6. The number of pyridine rings is 1. The first kappa shape index (κ1) is 20.1. The van der Waals surface area contributed by atoms with Crippen molar-refractivity contribution in [2.24, 2.45) is 0 Å². The number of amides is 1. The SMILES string of the molecule is Cc1ccc(C(=O)Nc2ccc[n+]([O-])c2)c(Oc2ccc(F)cc2OCCO)c1. The van der Waals surface area contributed by atoms with Crippen molar-refractivity contribution in [3.63, 3.8) is 0 Å². The lowest BCUT2D eigenvalue weighted by Crippen LogP contribution is -2.25. The molecule has 150 valence electrons. The highest BCUT2D eigenvalue weighted by atomic mass is 19.1. The number of benzene rings is 2. The standard InChI is InChI=1S/C21H19FN2O5/c1-14-4-6-17(21(26)23-16-3-2-8-24(27)13-16)19(11-14)29-18-7-5-15(22)12-20(18)28-10-9-25/h2-8,11-13,25H,9-10H2,1H3,(H,23,26). The van der Waals surface area contributed by atoms with Crippen molar-refractivity contribution in [1.82, 2.24) is 0 Å². The van der Waals surface area contributed by atoms with Crippen LogP contribution in [0.1, 0.15) is 15.9 Å². The third-order valence-corrected chi connectivity index (χ3v) is 3.89. The van der Waals surface area contributed by atoms with Gasteiger partial charge in [0.1, 0.15) is 23.9 Å². The molecule has 0 unspecified atom stereocenters. The number of anilines is 1. The number of rotatable bonds is 7. The summed E-state index contributed by atoms with van der Waals surface area (Å²) in [5, 5.41) is 23.0. The zero-order valence-corrected chi connectivity index (χ0v) is 15.6. The Labute approximate surface area is 166 Å². The van der Waals surface area contributed by atoms with Crippen LogP contribution in [0.3, 0.4) is 0 Å². The number of aliphatic hydroxyl groups is 1. The van der Waals surface area contributed by atoms with Gasteiger partial charge in [-0.25, -0.2) is 4.39 Å². The Bertz CT molecular complexity index is 1030. The van der Waals surface area contributed by atoms with E-state index in [0.29, 0.717) is 10.4 Å². The van der Waals surface area contributed by atoms with E-state index in [1.165, 1.54) is 30.6 Å². The molecule has 1 amide bonds. The molecule has 3 rings (SSSR count). The molecule has 0 fully saturated rings. The molecule has 29 heavy (non-hydrogen) atoms. The molecule has 2 aromatic carbocycles. The van der Waals surface area contributed by atoms with Crippen molar-refractivity contribution in [2.45, 2.75) is 6.92 Å². The van der Waals surface area contributed by atoms with E-state index in [0.717, 1.165) is 11.6 Å². The molecular formula is C21H19FN2O5. The van der Waals surface area contributed by atoms with Crippen LogP contribution in [0, 0.1) is 17.9 Å². The summed E-state index contributed by atoms with van der Waals surface area (Å²) in [4.78, 5) is 12.7. The number of halogens is 1. The second kappa shape index (κ2) is 9.03. The Morgan fingerprint density at radius 2 is 2.00 bits per heavy atom. The minimum Gasteiger partial charge on any atom is -0.619 e. The predicted molar refractivity (Wildman–Crippen MR) is 104 cm³/mol. The Morgan fingerprint density at radius 1 is 1.17 bits per heavy atom. The van der Waals surface area contributed by atoms with E-state index in [2.05, 4.69) is 5.32 Å². The Hall–Kier alpha value is -3.65. The van der Waals surface area contributed by atoms with Crippen LogP contribution in [0.2, 0.25) is 0 Å². The van der Waals surface area contributed by atoms with Crippen LogP contribution in [-0.2, 0) is 0 Å². The number of carbonyl (C=O) groups is 1. The largest absolute Gasteiger partial charge is 0.619 e. The summed E-state index contributed by atoms with van der Waals surface area (Å²) in [7, 11) is 0. The molecule has 0 aliphatic heterocycles. The molecule has 0 spiro atoms. The number of ether oxygens (including phenoxy) is 2. The Kier molecular flexibility index (Phi) is 6.25. The molecule has 0 bridgehead atoms. The molecule has 8 heteroatoms. The lowest BCUT2D eigenvalue weighted by Gasteiger charge is -2.15. The normalized spacial score (nSPS) is 10.4. The van der Waals surface area contributed by atoms with Crippen molar-refractivity contribution < 1.29 is 28.5 Å². The molecule has 7 nitrogen and oxygen atoms in total. The summed E-state index contributed by atoms with van der Waals surface area (Å²) >= 11 is 0. The molecule has 0 atom stereocenters. The first-order valence-electron chi connectivity index (χ1n) is 8.78. The van der Waals surface area contributed by atoms with Gasteiger partial charge in [0.05, 0.1) is 12.2 Å². The monoisotopic (exact) mass is 398 g/mol. The van der Waals surface area contributed by atoms with Crippen LogP contribution in [0.4, 0.5) is 10.1 Å². The smallest absolute Gasteiger partial charge is 0.259 e. The average Bonchev–Trinajstić information content (AvgIpc) is 2.68. The molecule has 0 saturated carbocycles. The molecule has 3 aromatic rings. The third-order valence-electron chi connectivity index (χ3n) is 3.89. The molecule has 0 saturated heterocycles. The summed E-state index contributed by atoms with van der Waals surface area (Å²) in [5.74, 6) is -0.485. The fourth-order valence-corrected chi connectivity index (χ4v) is 2.58. The van der Waals surface area contributed by atoms with E-state index in [1.807, 2.05) is 6.92 Å². The van der Waals surface area contributed by atoms with E-state index in [4.69, 9.17) is 14.6 Å². The number of aromatic nitrogens is 1. The maximum Gasteiger partial charge on any atom is 0.259 e. The highest BCUT2D eigenvalue weighted by Crippen LogP contribution is 2.34. The molecule has 0 radical (unpaired) electrons. The number of nitrogens with zero attached hydrogens (tertiary/aromatic N) is 1. The van der Waals surface area contributed by atoms with E-state index in [9.17, 15) is 14.4 Å². The highest BCUT2D eigenvalue weighted by molar-refractivity contribution is 6.06. The quantitative estimate of drug-likeness (QED) is 0.471. The van der Waals surface area contributed by atoms with E-state index >= 15 is 0 Å². The summed E-state index contributed by atoms with van der Waals surface area (Å²) in [6, 6.07) is 11.8. The van der Waals surface area contributed by atoms with Crippen molar-refractivity contribution in [3.05, 3.63) is 83.1 Å². The zero-order valence-electron chi connectivity index (χ0n) is 15.6. The molecule has 0 aliphatic rings. The van der Waals surface area contributed by atoms with Crippen LogP contribution in [0.5, 0.6) is 17.2 Å². The fraction of sp³-hybridized carbons (Fsp3) is 0.143. The third kappa shape index (κ3) is 5.20. The number of aryl methyl sites for hydroxylation is 1. The first-order chi connectivity index (χ1) is 14.0. The van der Waals surface area contributed by atoms with Gasteiger partial charge < -0.3 is 25.1 Å². The van der Waals surface area contributed by atoms with Crippen molar-refractivity contribution in [3.8, 4) is 17.2 Å². The Balaban J connectivity index is 1.90. The fourth-order valence-electron chi connectivity index (χ4n) is 2.58. The number of nitrogens with one attached hydrogen (secondary N) is 1. The van der Waals surface area contributed by atoms with Gasteiger partial charge in [0.25, 0.3) is 5.91 Å². The van der Waals surface area contributed by atoms with Gasteiger partial charge >= 0.3 is 0 Å². The van der Waals surface area contributed by atoms with Gasteiger partial charge in [-0.05, 0) is 42.8 Å². The average molecular weight is 398 g/mol. The van der Waals surface area contributed by atoms with Crippen LogP contribution in [0.25, 0.3) is 0 Å². The molecule has 1 aromatic heterocycles. The van der Waals surface area contributed by atoms with Crippen LogP contribution >= 0.6 is 0 Å². The van der Waals surface area contributed by atoms with Gasteiger partial charge in [0.15, 0.2) is 17.7 Å². The summed E-state index contributed by atoms with van der Waals surface area (Å²) in [5.41, 5.74) is 1.38. The molecule has 0 aliphatic carbocycles. The maximum absolute atomic E-state index is 13.6. The number of carbonyl (C=O) groups excluding carboxylic acids is 1. The molecular weight excluding hydrogens is 379 g/mol. The van der Waals surface area contributed by atoms with E-state index in [1.54, 1.807) is 24.3 Å². The second-order valence-corrected chi connectivity index (χ2v) is 6.17. The second-order valence-electron chi connectivity index (χ2n) is 6.17.